The lowest BCUT2D eigenvalue weighted by Gasteiger charge is -2.02. The van der Waals surface area contributed by atoms with Gasteiger partial charge in [0.2, 0.25) is 0 Å². The van der Waals surface area contributed by atoms with Gasteiger partial charge in [0, 0.05) is 19.3 Å². The van der Waals surface area contributed by atoms with Crippen LogP contribution in [0.25, 0.3) is 0 Å². The molecule has 1 N–H and O–H groups in total. The lowest BCUT2D eigenvalue weighted by Crippen LogP contribution is -2.05. The molecule has 0 bridgehead atoms. The standard InChI is InChI=1S/C15H21N3/c1-16-11-15-12-18(13-17-15)10-6-5-9-14-7-3-2-4-8-14/h2-4,7-8,12-13,16H,5-6,9-11H2,1H3. The van der Waals surface area contributed by atoms with Crippen LogP contribution in [0.5, 0.6) is 0 Å². The van der Waals surface area contributed by atoms with Gasteiger partial charge in [0.05, 0.1) is 12.0 Å². The van der Waals surface area contributed by atoms with Crippen molar-refractivity contribution >= 4 is 0 Å². The highest BCUT2D eigenvalue weighted by molar-refractivity contribution is 5.14. The molecule has 18 heavy (non-hydrogen) atoms. The number of hydrogen-bond donors (Lipinski definition) is 1. The molecule has 3 nitrogen and oxygen atoms in total. The van der Waals surface area contributed by atoms with Crippen molar-refractivity contribution in [3.8, 4) is 0 Å². The number of hydrogen-bond acceptors (Lipinski definition) is 2. The van der Waals surface area contributed by atoms with Crippen molar-refractivity contribution in [2.24, 2.45) is 0 Å². The van der Waals surface area contributed by atoms with Crippen molar-refractivity contribution < 1.29 is 0 Å². The number of nitrogens with zero attached hydrogens (tertiary/aromatic N) is 2. The Morgan fingerprint density at radius 3 is 2.78 bits per heavy atom. The molecule has 0 radical (unpaired) electrons. The molecule has 0 aliphatic carbocycles. The Balaban J connectivity index is 1.68. The zero-order valence-corrected chi connectivity index (χ0v) is 11.0. The Morgan fingerprint density at radius 2 is 2.00 bits per heavy atom. The molecule has 0 saturated carbocycles. The van der Waals surface area contributed by atoms with Crippen LogP contribution in [-0.4, -0.2) is 16.6 Å². The lowest BCUT2D eigenvalue weighted by atomic mass is 10.1. The van der Waals surface area contributed by atoms with E-state index in [0.29, 0.717) is 0 Å². The van der Waals surface area contributed by atoms with Crippen molar-refractivity contribution in [2.75, 3.05) is 7.05 Å². The largest absolute Gasteiger partial charge is 0.337 e. The second kappa shape index (κ2) is 6.97. The summed E-state index contributed by atoms with van der Waals surface area (Å²) in [5, 5.41) is 3.11. The molecule has 3 heteroatoms. The molecule has 1 heterocycles. The van der Waals surface area contributed by atoms with E-state index in [1.165, 1.54) is 24.8 Å². The van der Waals surface area contributed by atoms with Crippen LogP contribution >= 0.6 is 0 Å². The third-order valence-electron chi connectivity index (χ3n) is 3.02. The highest BCUT2D eigenvalue weighted by Gasteiger charge is 1.97. The molecule has 1 aromatic heterocycles. The first-order valence-corrected chi connectivity index (χ1v) is 6.57. The molecule has 0 atom stereocenters. The number of rotatable bonds is 7. The van der Waals surface area contributed by atoms with Gasteiger partial charge in [0.25, 0.3) is 0 Å². The van der Waals surface area contributed by atoms with E-state index in [4.69, 9.17) is 0 Å². The fraction of sp³-hybridized carbons (Fsp3) is 0.400. The smallest absolute Gasteiger partial charge is 0.0949 e. The third kappa shape index (κ3) is 4.00. The van der Waals surface area contributed by atoms with Crippen molar-refractivity contribution in [3.63, 3.8) is 0 Å². The number of unbranched alkanes of at least 4 members (excludes halogenated alkanes) is 1. The van der Waals surface area contributed by atoms with Crippen LogP contribution in [0.4, 0.5) is 0 Å². The summed E-state index contributed by atoms with van der Waals surface area (Å²) >= 11 is 0. The van der Waals surface area contributed by atoms with Crippen molar-refractivity contribution in [3.05, 3.63) is 54.1 Å². The first-order chi connectivity index (χ1) is 8.88. The maximum Gasteiger partial charge on any atom is 0.0949 e. The van der Waals surface area contributed by atoms with Crippen LogP contribution in [0.3, 0.4) is 0 Å². The van der Waals surface area contributed by atoms with Gasteiger partial charge in [-0.25, -0.2) is 4.98 Å². The zero-order chi connectivity index (χ0) is 12.6. The molecule has 0 fully saturated rings. The molecular weight excluding hydrogens is 222 g/mol. The summed E-state index contributed by atoms with van der Waals surface area (Å²) in [4.78, 5) is 4.34. The van der Waals surface area contributed by atoms with E-state index in [9.17, 15) is 0 Å². The average Bonchev–Trinajstić information content (AvgIpc) is 2.84. The number of aromatic nitrogens is 2. The summed E-state index contributed by atoms with van der Waals surface area (Å²) in [7, 11) is 1.94. The maximum absolute atomic E-state index is 4.34. The lowest BCUT2D eigenvalue weighted by molar-refractivity contribution is 0.608. The summed E-state index contributed by atoms with van der Waals surface area (Å²) in [5.41, 5.74) is 2.54. The van der Waals surface area contributed by atoms with Crippen LogP contribution in [-0.2, 0) is 19.5 Å². The van der Waals surface area contributed by atoms with Gasteiger partial charge < -0.3 is 9.88 Å². The monoisotopic (exact) mass is 243 g/mol. The van der Waals surface area contributed by atoms with Gasteiger partial charge >= 0.3 is 0 Å². The van der Waals surface area contributed by atoms with Gasteiger partial charge in [-0.3, -0.25) is 0 Å². The number of nitrogens with one attached hydrogen (secondary N) is 1. The summed E-state index contributed by atoms with van der Waals surface area (Å²) in [5.74, 6) is 0. The minimum Gasteiger partial charge on any atom is -0.337 e. The van der Waals surface area contributed by atoms with Gasteiger partial charge in [-0.15, -0.1) is 0 Å². The highest BCUT2D eigenvalue weighted by atomic mass is 15.0. The Morgan fingerprint density at radius 1 is 1.17 bits per heavy atom. The van der Waals surface area contributed by atoms with E-state index in [-0.39, 0.29) is 0 Å². The Kier molecular flexibility index (Phi) is 4.97. The second-order valence-electron chi connectivity index (χ2n) is 4.58. The summed E-state index contributed by atoms with van der Waals surface area (Å²) in [6.07, 6.45) is 7.64. The van der Waals surface area contributed by atoms with Gasteiger partial charge in [0.1, 0.15) is 0 Å². The molecule has 96 valence electrons. The molecule has 1 aromatic carbocycles. The number of imidazole rings is 1. The van der Waals surface area contributed by atoms with Crippen molar-refractivity contribution in [1.82, 2.24) is 14.9 Å². The molecule has 0 amide bonds. The van der Waals surface area contributed by atoms with Crippen LogP contribution in [0.2, 0.25) is 0 Å². The van der Waals surface area contributed by atoms with Crippen LogP contribution in [0.1, 0.15) is 24.1 Å². The predicted octanol–water partition coefficient (Wildman–Crippen LogP) is 2.63. The van der Waals surface area contributed by atoms with Crippen LogP contribution < -0.4 is 5.32 Å². The molecular formula is C15H21N3. The Bertz CT molecular complexity index is 448. The maximum atomic E-state index is 4.34. The summed E-state index contributed by atoms with van der Waals surface area (Å²) in [6, 6.07) is 10.7. The number of aryl methyl sites for hydroxylation is 2. The van der Waals surface area contributed by atoms with E-state index >= 15 is 0 Å². The highest BCUT2D eigenvalue weighted by Crippen LogP contribution is 2.06. The zero-order valence-electron chi connectivity index (χ0n) is 11.0. The predicted molar refractivity (Wildman–Crippen MR) is 74.4 cm³/mol. The molecule has 0 saturated heterocycles. The third-order valence-corrected chi connectivity index (χ3v) is 3.02. The molecule has 0 aliphatic heterocycles. The molecule has 0 unspecified atom stereocenters. The SMILES string of the molecule is CNCc1cn(CCCCc2ccccc2)cn1. The van der Waals surface area contributed by atoms with Crippen molar-refractivity contribution in [1.29, 1.82) is 0 Å². The minimum atomic E-state index is 0.844. The molecule has 2 aromatic rings. The van der Waals surface area contributed by atoms with E-state index in [0.717, 1.165) is 18.8 Å². The molecule has 2 rings (SSSR count). The van der Waals surface area contributed by atoms with Gasteiger partial charge in [-0.2, -0.15) is 0 Å². The second-order valence-corrected chi connectivity index (χ2v) is 4.58. The van der Waals surface area contributed by atoms with Crippen LogP contribution in [0, 0.1) is 0 Å². The minimum absolute atomic E-state index is 0.844. The summed E-state index contributed by atoms with van der Waals surface area (Å²) in [6.45, 7) is 1.90. The fourth-order valence-corrected chi connectivity index (χ4v) is 2.07. The first kappa shape index (κ1) is 12.8. The molecule has 0 spiro atoms. The normalized spacial score (nSPS) is 10.7. The first-order valence-electron chi connectivity index (χ1n) is 6.57. The fourth-order valence-electron chi connectivity index (χ4n) is 2.07. The van der Waals surface area contributed by atoms with Gasteiger partial charge in [-0.1, -0.05) is 30.3 Å². The van der Waals surface area contributed by atoms with E-state index < -0.39 is 0 Å². The van der Waals surface area contributed by atoms with Crippen LogP contribution in [0.15, 0.2) is 42.9 Å². The Hall–Kier alpha value is -1.61. The number of benzene rings is 1. The quantitative estimate of drug-likeness (QED) is 0.758. The summed E-state index contributed by atoms with van der Waals surface area (Å²) < 4.78 is 2.18. The van der Waals surface area contributed by atoms with E-state index in [2.05, 4.69) is 51.4 Å². The van der Waals surface area contributed by atoms with Gasteiger partial charge in [-0.05, 0) is 31.9 Å². The van der Waals surface area contributed by atoms with E-state index in [1.54, 1.807) is 0 Å². The Labute approximate surface area is 109 Å². The average molecular weight is 243 g/mol. The van der Waals surface area contributed by atoms with Gasteiger partial charge in [0.15, 0.2) is 0 Å². The van der Waals surface area contributed by atoms with E-state index in [1.807, 2.05) is 13.4 Å². The molecule has 0 aliphatic rings. The van der Waals surface area contributed by atoms with Crippen molar-refractivity contribution in [2.45, 2.75) is 32.4 Å². The topological polar surface area (TPSA) is 29.9 Å².